The van der Waals surface area contributed by atoms with Gasteiger partial charge in [-0.2, -0.15) is 0 Å². The molecule has 0 aromatic carbocycles. The van der Waals surface area contributed by atoms with Crippen LogP contribution in [-0.2, 0) is 61.9 Å². The summed E-state index contributed by atoms with van der Waals surface area (Å²) >= 11 is 0. The van der Waals surface area contributed by atoms with Crippen LogP contribution >= 0.6 is 0 Å². The second kappa shape index (κ2) is 39.2. The largest absolute Gasteiger partial charge is 0.394 e. The van der Waals surface area contributed by atoms with Crippen LogP contribution < -0.4 is 26.6 Å². The Labute approximate surface area is 481 Å². The number of carbonyl (C=O) groups is 6. The maximum Gasteiger partial charge on any atom is 0.220 e. The van der Waals surface area contributed by atoms with Crippen LogP contribution in [0.5, 0.6) is 0 Å². The average Bonchev–Trinajstić information content (AvgIpc) is 3.63. The minimum atomic E-state index is -1.51. The van der Waals surface area contributed by atoms with Gasteiger partial charge < -0.3 is 106 Å². The van der Waals surface area contributed by atoms with Crippen LogP contribution in [0.4, 0.5) is 0 Å². The Morgan fingerprint density at radius 2 is 0.915 bits per heavy atom. The Hall–Kier alpha value is -3.62. The zero-order chi connectivity index (χ0) is 60.8. The van der Waals surface area contributed by atoms with Crippen LogP contribution in [0, 0.1) is 17.8 Å². The van der Waals surface area contributed by atoms with Gasteiger partial charge in [0.2, 0.25) is 29.5 Å². The highest BCUT2D eigenvalue weighted by molar-refractivity contribution is 5.81. The van der Waals surface area contributed by atoms with Crippen molar-refractivity contribution in [3.05, 3.63) is 0 Å². The molecule has 3 rings (SSSR count). The zero-order valence-corrected chi connectivity index (χ0v) is 48.7. The molecular weight excluding hydrogens is 1080 g/mol. The molecule has 0 bridgehead atoms. The fourth-order valence-electron chi connectivity index (χ4n) is 9.68. The third-order valence-corrected chi connectivity index (χ3v) is 15.0. The zero-order valence-electron chi connectivity index (χ0n) is 48.7. The van der Waals surface area contributed by atoms with Crippen LogP contribution in [-0.4, -0.2) is 239 Å². The molecule has 3 heterocycles. The third kappa shape index (κ3) is 25.9. The lowest BCUT2D eigenvalue weighted by atomic mass is 9.82. The van der Waals surface area contributed by atoms with Crippen LogP contribution in [0.3, 0.4) is 0 Å². The first-order valence-corrected chi connectivity index (χ1v) is 29.3. The topological polar surface area (TPSA) is 409 Å². The Balaban J connectivity index is 1.70. The number of rotatable bonds is 41. The van der Waals surface area contributed by atoms with E-state index in [2.05, 4.69) is 40.4 Å². The quantitative estimate of drug-likeness (QED) is 0.0289. The van der Waals surface area contributed by atoms with Crippen LogP contribution in [0.25, 0.3) is 0 Å². The summed E-state index contributed by atoms with van der Waals surface area (Å²) in [5, 5.41) is 105. The van der Waals surface area contributed by atoms with Gasteiger partial charge >= 0.3 is 0 Å². The molecule has 7 unspecified atom stereocenters. The summed E-state index contributed by atoms with van der Waals surface area (Å²) in [4.78, 5) is 79.2. The fourth-order valence-corrected chi connectivity index (χ4v) is 9.68. The Kier molecular flexibility index (Phi) is 34.7. The molecule has 3 fully saturated rings. The smallest absolute Gasteiger partial charge is 0.220 e. The molecule has 0 aromatic heterocycles. The number of ketones is 1. The maximum atomic E-state index is 13.9. The number of carbonyl (C=O) groups excluding carboxylic acids is 6. The maximum absolute atomic E-state index is 13.9. The van der Waals surface area contributed by atoms with Gasteiger partial charge in [0, 0.05) is 102 Å². The van der Waals surface area contributed by atoms with Crippen molar-refractivity contribution < 1.29 is 108 Å². The first-order chi connectivity index (χ1) is 39.1. The summed E-state index contributed by atoms with van der Waals surface area (Å²) in [5.41, 5.74) is -1.29. The molecule has 0 saturated carbocycles. The summed E-state index contributed by atoms with van der Waals surface area (Å²) < 4.78 is 39.8. The van der Waals surface area contributed by atoms with Gasteiger partial charge in [-0.25, -0.2) is 0 Å². The Bertz CT molecular complexity index is 1810. The predicted molar refractivity (Wildman–Crippen MR) is 292 cm³/mol. The third-order valence-electron chi connectivity index (χ3n) is 15.0. The molecular formula is C55H99N5O22. The van der Waals surface area contributed by atoms with Crippen LogP contribution in [0.2, 0.25) is 0 Å². The number of ether oxygens (including phenoxy) is 7. The minimum absolute atomic E-state index is 0.000419. The van der Waals surface area contributed by atoms with Crippen LogP contribution in [0.1, 0.15) is 137 Å². The average molecular weight is 1180 g/mol. The first kappa shape index (κ1) is 72.6. The molecule has 3 aliphatic heterocycles. The summed E-state index contributed by atoms with van der Waals surface area (Å²) in [6.45, 7) is 8.97. The van der Waals surface area contributed by atoms with Gasteiger partial charge in [-0.05, 0) is 70.1 Å². The van der Waals surface area contributed by atoms with E-state index >= 15 is 0 Å². The van der Waals surface area contributed by atoms with E-state index in [0.29, 0.717) is 51.4 Å². The second-order valence-corrected chi connectivity index (χ2v) is 22.3. The molecule has 82 heavy (non-hydrogen) atoms. The van der Waals surface area contributed by atoms with Gasteiger partial charge in [0.05, 0.1) is 45.2 Å². The number of aliphatic hydroxyl groups is 9. The lowest BCUT2D eigenvalue weighted by Gasteiger charge is -2.42. The SMILES string of the molecule is CC(=O)NC1[C@H](OCCCNC(=O)CCC(CCC(=O)CCCCO[C@@H]2OC(CO)[C@H](O)[C@H](O)C2C)(CCC(=O)NCCCO[C@@H]2OC(CO)[C@H](O)[C@H](O)C2C)NC(=O)CCCC(=O)NCCCOCCC(C)C)OC(CO)[C@H](O)[C@@H]1O. The van der Waals surface area contributed by atoms with E-state index in [1.54, 1.807) is 13.8 Å². The van der Waals surface area contributed by atoms with E-state index in [1.165, 1.54) is 6.92 Å². The van der Waals surface area contributed by atoms with E-state index in [1.807, 2.05) is 0 Å². The molecule has 14 N–H and O–H groups in total. The molecule has 5 amide bonds. The Morgan fingerprint density at radius 3 is 1.40 bits per heavy atom. The number of aliphatic hydroxyl groups excluding tert-OH is 9. The van der Waals surface area contributed by atoms with Crippen molar-refractivity contribution >= 4 is 35.3 Å². The minimum Gasteiger partial charge on any atom is -0.394 e. The number of hydrogen-bond donors (Lipinski definition) is 14. The highest BCUT2D eigenvalue weighted by Crippen LogP contribution is 2.30. The van der Waals surface area contributed by atoms with Gasteiger partial charge in [0.1, 0.15) is 54.6 Å². The first-order valence-electron chi connectivity index (χ1n) is 29.3. The Morgan fingerprint density at radius 1 is 0.488 bits per heavy atom. The summed E-state index contributed by atoms with van der Waals surface area (Å²) in [5.74, 6) is -2.94. The molecule has 0 spiro atoms. The van der Waals surface area contributed by atoms with E-state index in [0.717, 1.165) is 6.42 Å². The second-order valence-electron chi connectivity index (χ2n) is 22.3. The summed E-state index contributed by atoms with van der Waals surface area (Å²) in [6, 6.07) is -1.16. The molecule has 476 valence electrons. The number of Topliss-reactive ketones (excluding diaryl/α,β-unsaturated/α-hetero) is 1. The van der Waals surface area contributed by atoms with E-state index < -0.39 is 141 Å². The summed E-state index contributed by atoms with van der Waals surface area (Å²) in [6.07, 6.45) is -11.5. The molecule has 3 saturated heterocycles. The molecule has 0 aliphatic carbocycles. The number of nitrogens with one attached hydrogen (secondary N) is 5. The number of hydrogen-bond acceptors (Lipinski definition) is 22. The lowest BCUT2D eigenvalue weighted by molar-refractivity contribution is -0.282. The van der Waals surface area contributed by atoms with Gasteiger partial charge in [0.25, 0.3) is 0 Å². The highest BCUT2D eigenvalue weighted by atomic mass is 16.7. The van der Waals surface area contributed by atoms with Crippen molar-refractivity contribution in [2.24, 2.45) is 17.8 Å². The van der Waals surface area contributed by atoms with E-state index in [9.17, 15) is 74.7 Å². The number of unbranched alkanes of at least 4 members (excludes halogenated alkanes) is 1. The highest BCUT2D eigenvalue weighted by Gasteiger charge is 2.46. The monoisotopic (exact) mass is 1180 g/mol. The molecule has 27 nitrogen and oxygen atoms in total. The molecule has 16 atom stereocenters. The van der Waals surface area contributed by atoms with Crippen molar-refractivity contribution in [3.8, 4) is 0 Å². The van der Waals surface area contributed by atoms with Gasteiger partial charge in [0.15, 0.2) is 18.9 Å². The normalized spacial score (nSPS) is 29.1. The van der Waals surface area contributed by atoms with Crippen molar-refractivity contribution in [1.29, 1.82) is 0 Å². The number of amides is 5. The molecule has 0 radical (unpaired) electrons. The van der Waals surface area contributed by atoms with Gasteiger partial charge in [-0.3, -0.25) is 28.8 Å². The fraction of sp³-hybridized carbons (Fsp3) is 0.891. The lowest BCUT2D eigenvalue weighted by Crippen LogP contribution is -2.64. The van der Waals surface area contributed by atoms with E-state index in [4.69, 9.17) is 33.2 Å². The molecule has 3 aliphatic rings. The standard InChI is InChI=1S/C55H99N5O22/c1-33(2)18-29-76-25-9-22-56-41(66)13-8-14-44(69)60-55(19-15-37(65)12-6-7-26-77-52-34(3)46(70)48(72)38(30-61)80-52,20-16-42(67)57-23-10-27-78-53-35(4)47(71)49(73)39(31-62)81-53)21-17-43(68)58-24-11-28-79-54-45(59-36(5)64)51(75)50(74)40(32-63)82-54/h33-35,38-40,45-54,61-63,70-75H,6-32H2,1-5H3,(H,56,66)(H,57,67)(H,58,68)(H,59,64)(H,60,69)/t34?,35?,38?,39?,40?,45?,46-,47-,48+,49+,50+,51-,52-,53-,54-,55?/m1/s1. The molecule has 27 heteroatoms. The van der Waals surface area contributed by atoms with Gasteiger partial charge in [-0.15, -0.1) is 0 Å². The van der Waals surface area contributed by atoms with Crippen LogP contribution in [0.15, 0.2) is 0 Å². The van der Waals surface area contributed by atoms with Crippen molar-refractivity contribution in [2.75, 3.05) is 72.5 Å². The summed E-state index contributed by atoms with van der Waals surface area (Å²) in [7, 11) is 0. The van der Waals surface area contributed by atoms with Crippen molar-refractivity contribution in [2.45, 2.75) is 223 Å². The van der Waals surface area contributed by atoms with Gasteiger partial charge in [-0.1, -0.05) is 27.7 Å². The van der Waals surface area contributed by atoms with E-state index in [-0.39, 0.29) is 115 Å². The van der Waals surface area contributed by atoms with Crippen molar-refractivity contribution in [1.82, 2.24) is 26.6 Å². The molecule has 0 aromatic rings. The van der Waals surface area contributed by atoms with Crippen molar-refractivity contribution in [3.63, 3.8) is 0 Å². The predicted octanol–water partition coefficient (Wildman–Crippen LogP) is -2.18.